The van der Waals surface area contributed by atoms with Crippen molar-refractivity contribution in [3.8, 4) is 0 Å². The maximum Gasteiger partial charge on any atom is 0.154 e. The molecule has 0 saturated heterocycles. The molecule has 0 radical (unpaired) electrons. The van der Waals surface area contributed by atoms with Gasteiger partial charge in [-0.3, -0.25) is 0 Å². The highest BCUT2D eigenvalue weighted by Crippen LogP contribution is 2.21. The molecule has 0 spiro atoms. The van der Waals surface area contributed by atoms with Gasteiger partial charge in [-0.25, -0.2) is 0 Å². The minimum absolute atomic E-state index is 0.112. The summed E-state index contributed by atoms with van der Waals surface area (Å²) >= 11 is 0. The summed E-state index contributed by atoms with van der Waals surface area (Å²) in [5.74, 6) is 0. The molecule has 0 rings (SSSR count). The molecule has 0 fully saturated rings. The van der Waals surface area contributed by atoms with Crippen LogP contribution in [-0.2, 0) is 9.47 Å². The molecule has 0 amide bonds. The van der Waals surface area contributed by atoms with Gasteiger partial charge in [0.05, 0.1) is 5.60 Å². The largest absolute Gasteiger partial charge is 0.390 e. The van der Waals surface area contributed by atoms with Crippen LogP contribution in [0.25, 0.3) is 0 Å². The summed E-state index contributed by atoms with van der Waals surface area (Å²) in [6.07, 6.45) is 8.58. The molecule has 0 bridgehead atoms. The Morgan fingerprint density at radius 1 is 0.947 bits per heavy atom. The molecule has 0 heterocycles. The van der Waals surface area contributed by atoms with Crippen LogP contribution in [0.2, 0.25) is 0 Å². The zero-order chi connectivity index (χ0) is 14.6. The minimum Gasteiger partial charge on any atom is -0.390 e. The van der Waals surface area contributed by atoms with Crippen LogP contribution in [-0.4, -0.2) is 30.2 Å². The van der Waals surface area contributed by atoms with Crippen molar-refractivity contribution in [3.05, 3.63) is 0 Å². The maximum atomic E-state index is 10.2. The van der Waals surface area contributed by atoms with E-state index in [0.29, 0.717) is 13.2 Å². The van der Waals surface area contributed by atoms with Gasteiger partial charge in [-0.05, 0) is 46.5 Å². The van der Waals surface area contributed by atoms with Gasteiger partial charge >= 0.3 is 0 Å². The van der Waals surface area contributed by atoms with Gasteiger partial charge in [0.2, 0.25) is 0 Å². The number of rotatable bonds is 13. The zero-order valence-electron chi connectivity index (χ0n) is 13.4. The summed E-state index contributed by atoms with van der Waals surface area (Å²) in [7, 11) is 0. The molecule has 0 aliphatic rings. The van der Waals surface area contributed by atoms with Crippen molar-refractivity contribution in [3.63, 3.8) is 0 Å². The molecule has 0 aromatic rings. The Bertz CT molecular complexity index is 192. The Hall–Kier alpha value is -0.120. The molecule has 0 aromatic heterocycles. The van der Waals surface area contributed by atoms with E-state index >= 15 is 0 Å². The van der Waals surface area contributed by atoms with Crippen LogP contribution in [0.4, 0.5) is 0 Å². The van der Waals surface area contributed by atoms with E-state index in [1.807, 2.05) is 20.8 Å². The number of unbranched alkanes of at least 4 members (excludes halogenated alkanes) is 4. The molecule has 3 nitrogen and oxygen atoms in total. The predicted octanol–water partition coefficient (Wildman–Crippen LogP) is 4.28. The van der Waals surface area contributed by atoms with Gasteiger partial charge in [0.1, 0.15) is 0 Å². The highest BCUT2D eigenvalue weighted by Gasteiger charge is 2.18. The summed E-state index contributed by atoms with van der Waals surface area (Å²) in [5.41, 5.74) is -0.501. The Morgan fingerprint density at radius 2 is 1.58 bits per heavy atom. The van der Waals surface area contributed by atoms with Crippen molar-refractivity contribution in [2.75, 3.05) is 13.2 Å². The fraction of sp³-hybridized carbons (Fsp3) is 1.00. The van der Waals surface area contributed by atoms with Crippen LogP contribution < -0.4 is 0 Å². The number of aliphatic hydroxyl groups is 1. The lowest BCUT2D eigenvalue weighted by Crippen LogP contribution is -2.24. The normalized spacial score (nSPS) is 16.3. The van der Waals surface area contributed by atoms with Crippen LogP contribution in [0, 0.1) is 0 Å². The molecule has 116 valence electrons. The Morgan fingerprint density at radius 3 is 2.16 bits per heavy atom. The lowest BCUT2D eigenvalue weighted by molar-refractivity contribution is -0.128. The van der Waals surface area contributed by atoms with E-state index in [1.54, 1.807) is 0 Å². The predicted molar refractivity (Wildman–Crippen MR) is 80.3 cm³/mol. The third-order valence-electron chi connectivity index (χ3n) is 3.43. The van der Waals surface area contributed by atoms with Gasteiger partial charge in [0.25, 0.3) is 0 Å². The summed E-state index contributed by atoms with van der Waals surface area (Å²) in [6, 6.07) is 0. The first-order valence-corrected chi connectivity index (χ1v) is 7.97. The molecular weight excluding hydrogens is 240 g/mol. The van der Waals surface area contributed by atoms with Crippen molar-refractivity contribution in [2.45, 2.75) is 91.0 Å². The molecular formula is C16H34O3. The first-order valence-electron chi connectivity index (χ1n) is 7.97. The van der Waals surface area contributed by atoms with Crippen LogP contribution in [0.5, 0.6) is 0 Å². The molecule has 3 heteroatoms. The Labute approximate surface area is 119 Å². The van der Waals surface area contributed by atoms with Gasteiger partial charge in [-0.1, -0.05) is 32.6 Å². The molecule has 0 aliphatic heterocycles. The SMILES string of the molecule is CCCCCCC(C)(O)CCCCOC(C)OCC. The molecule has 0 saturated carbocycles. The average Bonchev–Trinajstić information content (AvgIpc) is 2.34. The van der Waals surface area contributed by atoms with Crippen molar-refractivity contribution >= 4 is 0 Å². The van der Waals surface area contributed by atoms with E-state index in [9.17, 15) is 5.11 Å². The monoisotopic (exact) mass is 274 g/mol. The van der Waals surface area contributed by atoms with Gasteiger partial charge in [-0.15, -0.1) is 0 Å². The van der Waals surface area contributed by atoms with Crippen LogP contribution in [0.15, 0.2) is 0 Å². The van der Waals surface area contributed by atoms with Crippen molar-refractivity contribution < 1.29 is 14.6 Å². The van der Waals surface area contributed by atoms with Crippen LogP contribution in [0.3, 0.4) is 0 Å². The quantitative estimate of drug-likeness (QED) is 0.402. The van der Waals surface area contributed by atoms with Crippen LogP contribution >= 0.6 is 0 Å². The van der Waals surface area contributed by atoms with E-state index in [1.165, 1.54) is 19.3 Å². The second kappa shape index (κ2) is 11.7. The summed E-state index contributed by atoms with van der Waals surface area (Å²) < 4.78 is 10.8. The third kappa shape index (κ3) is 12.6. The van der Waals surface area contributed by atoms with E-state index in [0.717, 1.165) is 32.1 Å². The zero-order valence-corrected chi connectivity index (χ0v) is 13.4. The van der Waals surface area contributed by atoms with Crippen LogP contribution in [0.1, 0.15) is 79.1 Å². The summed E-state index contributed by atoms with van der Waals surface area (Å²) in [5, 5.41) is 10.2. The van der Waals surface area contributed by atoms with Gasteiger partial charge < -0.3 is 14.6 Å². The minimum atomic E-state index is -0.501. The van der Waals surface area contributed by atoms with Crippen molar-refractivity contribution in [2.24, 2.45) is 0 Å². The highest BCUT2D eigenvalue weighted by atomic mass is 16.7. The Kier molecular flexibility index (Phi) is 11.6. The average molecular weight is 274 g/mol. The van der Waals surface area contributed by atoms with Gasteiger partial charge in [-0.2, -0.15) is 0 Å². The number of hydrogen-bond acceptors (Lipinski definition) is 3. The van der Waals surface area contributed by atoms with E-state index in [4.69, 9.17) is 9.47 Å². The maximum absolute atomic E-state index is 10.2. The van der Waals surface area contributed by atoms with E-state index < -0.39 is 5.60 Å². The smallest absolute Gasteiger partial charge is 0.154 e. The van der Waals surface area contributed by atoms with Crippen molar-refractivity contribution in [1.29, 1.82) is 0 Å². The first-order chi connectivity index (χ1) is 9.02. The van der Waals surface area contributed by atoms with E-state index in [-0.39, 0.29) is 6.29 Å². The molecule has 1 N–H and O–H groups in total. The number of ether oxygens (including phenoxy) is 2. The molecule has 0 aromatic carbocycles. The van der Waals surface area contributed by atoms with Gasteiger partial charge in [0, 0.05) is 13.2 Å². The highest BCUT2D eigenvalue weighted by molar-refractivity contribution is 4.72. The topological polar surface area (TPSA) is 38.7 Å². The van der Waals surface area contributed by atoms with Crippen molar-refractivity contribution in [1.82, 2.24) is 0 Å². The summed E-state index contributed by atoms with van der Waals surface area (Å²) in [6.45, 7) is 9.47. The lowest BCUT2D eigenvalue weighted by Gasteiger charge is -2.23. The first kappa shape index (κ1) is 18.9. The molecule has 0 aliphatic carbocycles. The molecule has 2 atom stereocenters. The second-order valence-corrected chi connectivity index (χ2v) is 5.66. The fourth-order valence-corrected chi connectivity index (χ4v) is 2.20. The standard InChI is InChI=1S/C16H34O3/c1-5-7-8-9-12-16(4,17)13-10-11-14-19-15(3)18-6-2/h15,17H,5-14H2,1-4H3. The molecule has 19 heavy (non-hydrogen) atoms. The lowest BCUT2D eigenvalue weighted by atomic mass is 9.92. The van der Waals surface area contributed by atoms with E-state index in [2.05, 4.69) is 6.92 Å². The number of hydrogen-bond donors (Lipinski definition) is 1. The second-order valence-electron chi connectivity index (χ2n) is 5.66. The third-order valence-corrected chi connectivity index (χ3v) is 3.43. The molecule has 2 unspecified atom stereocenters. The van der Waals surface area contributed by atoms with Gasteiger partial charge in [0.15, 0.2) is 6.29 Å². The fourth-order valence-electron chi connectivity index (χ4n) is 2.20. The summed E-state index contributed by atoms with van der Waals surface area (Å²) in [4.78, 5) is 0. The Balaban J connectivity index is 3.47.